The van der Waals surface area contributed by atoms with Gasteiger partial charge in [0.05, 0.1) is 6.54 Å². The maximum Gasteiger partial charge on any atom is 0.304 e. The van der Waals surface area contributed by atoms with Crippen molar-refractivity contribution in [1.82, 2.24) is 15.0 Å². The fraction of sp³-hybridized carbons (Fsp3) is 0.125. The number of hydrogen-bond donors (Lipinski definition) is 2. The highest BCUT2D eigenvalue weighted by Crippen LogP contribution is 2.04. The summed E-state index contributed by atoms with van der Waals surface area (Å²) < 4.78 is 12.7. The lowest BCUT2D eigenvalue weighted by molar-refractivity contribution is 0.580. The highest BCUT2D eigenvalue weighted by molar-refractivity contribution is 7.07. The summed E-state index contributed by atoms with van der Waals surface area (Å²) in [6.45, 7) is 0.398. The van der Waals surface area contributed by atoms with E-state index in [2.05, 4.69) is 20.3 Å². The summed E-state index contributed by atoms with van der Waals surface area (Å²) in [5, 5.41) is 4.56. The van der Waals surface area contributed by atoms with Crippen LogP contribution in [0.15, 0.2) is 22.6 Å². The monoisotopic (exact) mass is 226 g/mol. The SMILES string of the molecule is O=c1[nH]c(CNc2cc(F)ncn2)cs1. The van der Waals surface area contributed by atoms with E-state index in [0.717, 1.165) is 23.4 Å². The number of nitrogens with zero attached hydrogens (tertiary/aromatic N) is 2. The Kier molecular flexibility index (Phi) is 2.72. The van der Waals surface area contributed by atoms with Crippen LogP contribution < -0.4 is 10.2 Å². The first-order valence-electron chi connectivity index (χ1n) is 4.12. The molecule has 0 atom stereocenters. The van der Waals surface area contributed by atoms with Gasteiger partial charge >= 0.3 is 4.87 Å². The normalized spacial score (nSPS) is 10.2. The van der Waals surface area contributed by atoms with E-state index in [1.165, 1.54) is 6.07 Å². The molecule has 0 spiro atoms. The number of aromatic nitrogens is 3. The molecule has 0 radical (unpaired) electrons. The minimum atomic E-state index is -0.591. The minimum Gasteiger partial charge on any atom is -0.364 e. The standard InChI is InChI=1S/C8H7FN4OS/c9-6-1-7(12-4-11-6)10-2-5-3-15-8(14)13-5/h1,3-4H,2H2,(H,13,14)(H,10,11,12). The first kappa shape index (κ1) is 9.78. The molecular weight excluding hydrogens is 219 g/mol. The van der Waals surface area contributed by atoms with Gasteiger partial charge in [0.2, 0.25) is 5.95 Å². The van der Waals surface area contributed by atoms with Crippen molar-refractivity contribution in [2.24, 2.45) is 0 Å². The van der Waals surface area contributed by atoms with Gasteiger partial charge in [-0.25, -0.2) is 9.97 Å². The molecule has 0 saturated heterocycles. The molecule has 2 aromatic rings. The minimum absolute atomic E-state index is 0.110. The third-order valence-electron chi connectivity index (χ3n) is 1.66. The molecule has 0 aliphatic heterocycles. The maximum absolute atomic E-state index is 12.7. The van der Waals surface area contributed by atoms with E-state index >= 15 is 0 Å². The average Bonchev–Trinajstić information content (AvgIpc) is 2.62. The van der Waals surface area contributed by atoms with Gasteiger partial charge in [-0.05, 0) is 0 Å². The van der Waals surface area contributed by atoms with Crippen LogP contribution in [0, 0.1) is 5.95 Å². The quantitative estimate of drug-likeness (QED) is 0.765. The van der Waals surface area contributed by atoms with E-state index in [9.17, 15) is 9.18 Å². The molecule has 0 saturated carbocycles. The molecule has 0 amide bonds. The van der Waals surface area contributed by atoms with Crippen LogP contribution in [0.1, 0.15) is 5.69 Å². The van der Waals surface area contributed by atoms with Crippen molar-refractivity contribution in [3.63, 3.8) is 0 Å². The van der Waals surface area contributed by atoms with Gasteiger partial charge in [0.1, 0.15) is 12.1 Å². The summed E-state index contributed by atoms with van der Waals surface area (Å²) in [6, 6.07) is 1.18. The largest absolute Gasteiger partial charge is 0.364 e. The molecular formula is C8H7FN4OS. The van der Waals surface area contributed by atoms with Crippen molar-refractivity contribution in [3.05, 3.63) is 39.1 Å². The Labute approximate surface area is 88.0 Å². The Hall–Kier alpha value is -1.76. The number of hydrogen-bond acceptors (Lipinski definition) is 5. The summed E-state index contributed by atoms with van der Waals surface area (Å²) in [7, 11) is 0. The second kappa shape index (κ2) is 4.18. The summed E-state index contributed by atoms with van der Waals surface area (Å²) >= 11 is 1.08. The van der Waals surface area contributed by atoms with Crippen LogP contribution in [-0.4, -0.2) is 15.0 Å². The van der Waals surface area contributed by atoms with Crippen LogP contribution in [-0.2, 0) is 6.54 Å². The van der Waals surface area contributed by atoms with E-state index in [0.29, 0.717) is 12.4 Å². The van der Waals surface area contributed by atoms with Gasteiger partial charge in [0.15, 0.2) is 0 Å². The summed E-state index contributed by atoms with van der Waals surface area (Å²) in [5.74, 6) is -0.208. The molecule has 0 aliphatic rings. The third-order valence-corrected chi connectivity index (χ3v) is 2.38. The number of halogens is 1. The molecule has 0 aromatic carbocycles. The molecule has 0 unspecified atom stereocenters. The number of nitrogens with one attached hydrogen (secondary N) is 2. The van der Waals surface area contributed by atoms with Gasteiger partial charge in [-0.2, -0.15) is 4.39 Å². The highest BCUT2D eigenvalue weighted by atomic mass is 32.1. The van der Waals surface area contributed by atoms with Crippen molar-refractivity contribution in [2.45, 2.75) is 6.54 Å². The number of H-pyrrole nitrogens is 1. The lowest BCUT2D eigenvalue weighted by Crippen LogP contribution is -2.04. The smallest absolute Gasteiger partial charge is 0.304 e. The molecule has 0 bridgehead atoms. The molecule has 2 heterocycles. The highest BCUT2D eigenvalue weighted by Gasteiger charge is 1.99. The van der Waals surface area contributed by atoms with Crippen LogP contribution in [0.3, 0.4) is 0 Å². The van der Waals surface area contributed by atoms with Crippen LogP contribution in [0.2, 0.25) is 0 Å². The maximum atomic E-state index is 12.7. The molecule has 78 valence electrons. The first-order chi connectivity index (χ1) is 7.24. The van der Waals surface area contributed by atoms with Gasteiger partial charge < -0.3 is 10.3 Å². The Morgan fingerprint density at radius 3 is 3.07 bits per heavy atom. The second-order valence-corrected chi connectivity index (χ2v) is 3.60. The van der Waals surface area contributed by atoms with Crippen molar-refractivity contribution < 1.29 is 4.39 Å². The lowest BCUT2D eigenvalue weighted by Gasteiger charge is -2.02. The molecule has 0 fully saturated rings. The Balaban J connectivity index is 2.02. The molecule has 2 N–H and O–H groups in total. The summed E-state index contributed by atoms with van der Waals surface area (Å²) in [5.41, 5.74) is 0.740. The number of thiazole rings is 1. The van der Waals surface area contributed by atoms with Crippen LogP contribution in [0.5, 0.6) is 0 Å². The van der Waals surface area contributed by atoms with Crippen molar-refractivity contribution in [1.29, 1.82) is 0 Å². The van der Waals surface area contributed by atoms with Crippen molar-refractivity contribution in [3.8, 4) is 0 Å². The van der Waals surface area contributed by atoms with Gasteiger partial charge in [0, 0.05) is 17.1 Å². The average molecular weight is 226 g/mol. The third kappa shape index (κ3) is 2.59. The zero-order valence-corrected chi connectivity index (χ0v) is 8.34. The van der Waals surface area contributed by atoms with Crippen LogP contribution >= 0.6 is 11.3 Å². The van der Waals surface area contributed by atoms with Gasteiger partial charge in [-0.3, -0.25) is 4.79 Å². The van der Waals surface area contributed by atoms with E-state index in [-0.39, 0.29) is 4.87 Å². The van der Waals surface area contributed by atoms with E-state index < -0.39 is 5.95 Å². The van der Waals surface area contributed by atoms with E-state index in [4.69, 9.17) is 0 Å². The van der Waals surface area contributed by atoms with Gasteiger partial charge in [0.25, 0.3) is 0 Å². The van der Waals surface area contributed by atoms with E-state index in [1.807, 2.05) is 0 Å². The van der Waals surface area contributed by atoms with Crippen molar-refractivity contribution >= 4 is 17.2 Å². The van der Waals surface area contributed by atoms with Gasteiger partial charge in [-0.1, -0.05) is 11.3 Å². The number of rotatable bonds is 3. The zero-order chi connectivity index (χ0) is 10.7. The Morgan fingerprint density at radius 1 is 1.53 bits per heavy atom. The molecule has 7 heteroatoms. The van der Waals surface area contributed by atoms with E-state index in [1.54, 1.807) is 5.38 Å². The predicted octanol–water partition coefficient (Wildman–Crippen LogP) is 0.978. The zero-order valence-electron chi connectivity index (χ0n) is 7.53. The molecule has 0 aliphatic carbocycles. The Bertz CT molecular complexity index is 509. The van der Waals surface area contributed by atoms with Crippen LogP contribution in [0.25, 0.3) is 0 Å². The first-order valence-corrected chi connectivity index (χ1v) is 5.00. The second-order valence-electron chi connectivity index (χ2n) is 2.75. The fourth-order valence-electron chi connectivity index (χ4n) is 1.02. The molecule has 2 aromatic heterocycles. The van der Waals surface area contributed by atoms with Gasteiger partial charge in [-0.15, -0.1) is 0 Å². The Morgan fingerprint density at radius 2 is 2.40 bits per heavy atom. The topological polar surface area (TPSA) is 70.7 Å². The molecule has 15 heavy (non-hydrogen) atoms. The summed E-state index contributed by atoms with van der Waals surface area (Å²) in [6.07, 6.45) is 1.13. The van der Waals surface area contributed by atoms with Crippen LogP contribution in [0.4, 0.5) is 10.2 Å². The molecule has 2 rings (SSSR count). The lowest BCUT2D eigenvalue weighted by atomic mass is 10.4. The molecule has 5 nitrogen and oxygen atoms in total. The predicted molar refractivity (Wildman–Crippen MR) is 54.3 cm³/mol. The summed E-state index contributed by atoms with van der Waals surface area (Å²) in [4.78, 5) is 20.5. The fourth-order valence-corrected chi connectivity index (χ4v) is 1.60. The van der Waals surface area contributed by atoms with Crippen molar-refractivity contribution in [2.75, 3.05) is 5.32 Å². The number of anilines is 1. The number of aromatic amines is 1.